The normalized spacial score (nSPS) is 11.0. The molecule has 11 nitrogen and oxygen atoms in total. The molecule has 0 bridgehead atoms. The zero-order valence-electron chi connectivity index (χ0n) is 22.6. The topological polar surface area (TPSA) is 130 Å². The molecule has 0 atom stereocenters. The van der Waals surface area contributed by atoms with Crippen molar-refractivity contribution >= 4 is 39.5 Å². The fraction of sp³-hybridized carbons (Fsp3) is 0.207. The van der Waals surface area contributed by atoms with Crippen LogP contribution < -0.4 is 20.1 Å². The Bertz CT molecular complexity index is 1760. The predicted molar refractivity (Wildman–Crippen MR) is 152 cm³/mol. The van der Waals surface area contributed by atoms with Crippen LogP contribution in [0.2, 0.25) is 0 Å². The number of likely N-dealkylation sites (N-methyl/N-ethyl adjacent to an activating group) is 1. The van der Waals surface area contributed by atoms with Gasteiger partial charge in [0.05, 0.1) is 22.5 Å². The molecule has 0 aliphatic carbocycles. The van der Waals surface area contributed by atoms with Crippen LogP contribution in [0.4, 0.5) is 17.1 Å². The van der Waals surface area contributed by atoms with Crippen LogP contribution in [-0.2, 0) is 4.79 Å². The van der Waals surface area contributed by atoms with Crippen LogP contribution in [0, 0.1) is 18.3 Å². The van der Waals surface area contributed by atoms with E-state index in [-0.39, 0.29) is 5.91 Å². The first-order chi connectivity index (χ1) is 19.3. The van der Waals surface area contributed by atoms with Gasteiger partial charge in [-0.25, -0.2) is 9.50 Å². The summed E-state index contributed by atoms with van der Waals surface area (Å²) in [5.41, 5.74) is 4.39. The number of nitrogens with one attached hydrogen (secondary N) is 2. The molecule has 0 spiro atoms. The number of hydrogen-bond acceptors (Lipinski definition) is 9. The van der Waals surface area contributed by atoms with E-state index in [0.717, 1.165) is 11.3 Å². The monoisotopic (exact) mass is 536 g/mol. The molecule has 0 saturated carbocycles. The molecule has 3 heterocycles. The van der Waals surface area contributed by atoms with Crippen LogP contribution in [0.15, 0.2) is 61.2 Å². The number of nitriles is 1. The maximum atomic E-state index is 12.0. The van der Waals surface area contributed by atoms with Gasteiger partial charge in [-0.05, 0) is 56.9 Å². The van der Waals surface area contributed by atoms with Gasteiger partial charge in [0, 0.05) is 49.1 Å². The molecule has 0 fully saturated rings. The fourth-order valence-electron chi connectivity index (χ4n) is 4.16. The maximum Gasteiger partial charge on any atom is 0.221 e. The van der Waals surface area contributed by atoms with E-state index in [0.29, 0.717) is 63.9 Å². The Morgan fingerprint density at radius 2 is 1.98 bits per heavy atom. The molecule has 0 saturated heterocycles. The number of amides is 1. The second-order valence-corrected chi connectivity index (χ2v) is 9.49. The third-order valence-electron chi connectivity index (χ3n) is 6.12. The number of carbonyl (C=O) groups is 1. The molecule has 40 heavy (non-hydrogen) atoms. The van der Waals surface area contributed by atoms with Gasteiger partial charge in [0.15, 0.2) is 5.65 Å². The highest BCUT2D eigenvalue weighted by atomic mass is 16.5. The lowest BCUT2D eigenvalue weighted by Crippen LogP contribution is -2.20. The average Bonchev–Trinajstić information content (AvgIpc) is 3.38. The number of rotatable bonds is 9. The second kappa shape index (κ2) is 11.3. The van der Waals surface area contributed by atoms with E-state index in [1.807, 2.05) is 56.3 Å². The van der Waals surface area contributed by atoms with E-state index in [2.05, 4.69) is 31.8 Å². The average molecular weight is 537 g/mol. The highest BCUT2D eigenvalue weighted by Gasteiger charge is 2.16. The van der Waals surface area contributed by atoms with Crippen LogP contribution in [0.3, 0.4) is 0 Å². The van der Waals surface area contributed by atoms with Gasteiger partial charge in [-0.15, -0.1) is 0 Å². The molecule has 11 heteroatoms. The summed E-state index contributed by atoms with van der Waals surface area (Å²) in [4.78, 5) is 22.6. The summed E-state index contributed by atoms with van der Waals surface area (Å²) >= 11 is 0. The minimum absolute atomic E-state index is 0.231. The van der Waals surface area contributed by atoms with Gasteiger partial charge in [-0.1, -0.05) is 0 Å². The van der Waals surface area contributed by atoms with Crippen molar-refractivity contribution < 1.29 is 14.3 Å². The van der Waals surface area contributed by atoms with Crippen molar-refractivity contribution in [1.82, 2.24) is 24.5 Å². The van der Waals surface area contributed by atoms with Crippen LogP contribution >= 0.6 is 0 Å². The molecule has 5 aromatic rings. The first-order valence-corrected chi connectivity index (χ1v) is 12.6. The number of fused-ring (bicyclic) bond motifs is 2. The number of anilines is 3. The van der Waals surface area contributed by atoms with Gasteiger partial charge in [-0.2, -0.15) is 10.4 Å². The lowest BCUT2D eigenvalue weighted by Gasteiger charge is -2.17. The zero-order valence-corrected chi connectivity index (χ0v) is 22.6. The number of nitrogens with zero attached hydrogens (tertiary/aromatic N) is 6. The molecule has 0 radical (unpaired) electrons. The van der Waals surface area contributed by atoms with E-state index in [1.54, 1.807) is 22.8 Å². The molecule has 0 unspecified atom stereocenters. The third kappa shape index (κ3) is 5.77. The van der Waals surface area contributed by atoms with Crippen molar-refractivity contribution in [3.63, 3.8) is 0 Å². The van der Waals surface area contributed by atoms with Gasteiger partial charge in [0.25, 0.3) is 0 Å². The number of pyridine rings is 2. The van der Waals surface area contributed by atoms with Crippen molar-refractivity contribution in [2.75, 3.05) is 37.9 Å². The quantitative estimate of drug-likeness (QED) is 0.270. The van der Waals surface area contributed by atoms with Crippen molar-refractivity contribution in [2.45, 2.75) is 13.8 Å². The number of carbonyl (C=O) groups excluding carboxylic acids is 1. The molecule has 2 aromatic carbocycles. The van der Waals surface area contributed by atoms with Crippen LogP contribution in [0.1, 0.15) is 18.1 Å². The SMILES string of the molecule is CC(=O)Nc1cc2c(Nc3ccc(Oc4ccn5ncnc5c4)c(C)c3)c(C#N)cnc2cc1OCCN(C)C. The highest BCUT2D eigenvalue weighted by Crippen LogP contribution is 2.37. The lowest BCUT2D eigenvalue weighted by atomic mass is 10.1. The van der Waals surface area contributed by atoms with Gasteiger partial charge in [0.2, 0.25) is 5.91 Å². The summed E-state index contributed by atoms with van der Waals surface area (Å²) in [5.74, 6) is 1.60. The number of aryl methyl sites for hydroxylation is 1. The summed E-state index contributed by atoms with van der Waals surface area (Å²) in [6.07, 6.45) is 4.80. The minimum atomic E-state index is -0.231. The number of hydrogen-bond donors (Lipinski definition) is 2. The standard InChI is InChI=1S/C29H28N8O3/c1-18-11-21(5-6-26(18)40-22-7-8-37-28(12-22)32-17-33-37)35-29-20(15-30)16-31-24-14-27(39-10-9-36(3)4)25(13-23(24)29)34-19(2)38/h5-8,11-14,16-17H,9-10H2,1-4H3,(H,31,35)(H,34,38). The molecule has 0 aliphatic rings. The van der Waals surface area contributed by atoms with Crippen molar-refractivity contribution in [3.05, 3.63) is 72.3 Å². The molecule has 5 rings (SSSR count). The van der Waals surface area contributed by atoms with E-state index in [9.17, 15) is 10.1 Å². The van der Waals surface area contributed by atoms with Crippen LogP contribution in [-0.4, -0.2) is 57.6 Å². The van der Waals surface area contributed by atoms with E-state index in [4.69, 9.17) is 9.47 Å². The third-order valence-corrected chi connectivity index (χ3v) is 6.12. The zero-order chi connectivity index (χ0) is 28.2. The molecule has 202 valence electrons. The highest BCUT2D eigenvalue weighted by molar-refractivity contribution is 6.01. The van der Waals surface area contributed by atoms with Crippen molar-refractivity contribution in [3.8, 4) is 23.3 Å². The lowest BCUT2D eigenvalue weighted by molar-refractivity contribution is -0.114. The maximum absolute atomic E-state index is 12.0. The molecular formula is C29H28N8O3. The fourth-order valence-corrected chi connectivity index (χ4v) is 4.16. The van der Waals surface area contributed by atoms with Crippen molar-refractivity contribution in [1.29, 1.82) is 5.26 Å². The van der Waals surface area contributed by atoms with Gasteiger partial charge in [-0.3, -0.25) is 9.78 Å². The first kappa shape index (κ1) is 26.4. The summed E-state index contributed by atoms with van der Waals surface area (Å²) in [6.45, 7) is 4.53. The van der Waals surface area contributed by atoms with Crippen LogP contribution in [0.5, 0.6) is 17.2 Å². The summed E-state index contributed by atoms with van der Waals surface area (Å²) < 4.78 is 13.7. The van der Waals surface area contributed by atoms with E-state index in [1.165, 1.54) is 19.4 Å². The summed E-state index contributed by atoms with van der Waals surface area (Å²) in [5, 5.41) is 20.8. The molecular weight excluding hydrogens is 508 g/mol. The van der Waals surface area contributed by atoms with Gasteiger partial charge < -0.3 is 25.0 Å². The molecule has 3 aromatic heterocycles. The first-order valence-electron chi connectivity index (χ1n) is 12.6. The Balaban J connectivity index is 1.46. The Morgan fingerprint density at radius 3 is 2.73 bits per heavy atom. The Hall–Kier alpha value is -5.21. The van der Waals surface area contributed by atoms with Gasteiger partial charge in [0.1, 0.15) is 36.3 Å². The predicted octanol–water partition coefficient (Wildman–Crippen LogP) is 4.89. The van der Waals surface area contributed by atoms with E-state index < -0.39 is 0 Å². The summed E-state index contributed by atoms with van der Waals surface area (Å²) in [7, 11) is 3.92. The summed E-state index contributed by atoms with van der Waals surface area (Å²) in [6, 6.07) is 15.1. The second-order valence-electron chi connectivity index (χ2n) is 9.49. The van der Waals surface area contributed by atoms with Crippen molar-refractivity contribution in [2.24, 2.45) is 0 Å². The van der Waals surface area contributed by atoms with Crippen LogP contribution in [0.25, 0.3) is 16.6 Å². The largest absolute Gasteiger partial charge is 0.490 e. The number of aromatic nitrogens is 4. The molecule has 2 N–H and O–H groups in total. The minimum Gasteiger partial charge on any atom is -0.490 e. The van der Waals surface area contributed by atoms with E-state index >= 15 is 0 Å². The van der Waals surface area contributed by atoms with Gasteiger partial charge >= 0.3 is 0 Å². The number of benzene rings is 2. The molecule has 1 amide bonds. The Labute approximate surface area is 231 Å². The number of ether oxygens (including phenoxy) is 2. The smallest absolute Gasteiger partial charge is 0.221 e. The molecule has 0 aliphatic heterocycles. The Morgan fingerprint density at radius 1 is 1.12 bits per heavy atom. The Kier molecular flexibility index (Phi) is 7.43.